The van der Waals surface area contributed by atoms with E-state index in [1.807, 2.05) is 0 Å². The second-order valence-electron chi connectivity index (χ2n) is 6.84. The summed E-state index contributed by atoms with van der Waals surface area (Å²) in [5.74, 6) is 4.08. The minimum atomic E-state index is 0.989. The predicted octanol–water partition coefficient (Wildman–Crippen LogP) is 4.79. The average Bonchev–Trinajstić information content (AvgIpc) is 3.04. The van der Waals surface area contributed by atoms with Gasteiger partial charge in [0.05, 0.1) is 0 Å². The van der Waals surface area contributed by atoms with E-state index in [0.29, 0.717) is 0 Å². The third-order valence-electron chi connectivity index (χ3n) is 5.65. The Kier molecular flexibility index (Phi) is 2.27. The van der Waals surface area contributed by atoms with Gasteiger partial charge in [0.1, 0.15) is 11.2 Å². The molecule has 0 aromatic carbocycles. The van der Waals surface area contributed by atoms with Gasteiger partial charge in [-0.1, -0.05) is 6.92 Å². The third kappa shape index (κ3) is 1.52. The highest BCUT2D eigenvalue weighted by atomic mass is 16.3. The molecule has 2 aliphatic carbocycles. The summed E-state index contributed by atoms with van der Waals surface area (Å²) in [4.78, 5) is 0. The number of rotatable bonds is 3. The van der Waals surface area contributed by atoms with Crippen LogP contribution >= 0.6 is 0 Å². The van der Waals surface area contributed by atoms with Crippen molar-refractivity contribution in [3.8, 4) is 0 Å². The molecule has 4 bridgehead atoms. The standard InChI is InChI=1S/C17H22O/c1-10-5-12-7-13(15(10)8-12)3-4-14-9-16-11(2)6-17(14)18-16/h6,9-10,12-13,15H,3-5,7-8H2,1-2H3/t10-,12?,13+,15?/m1/s1. The van der Waals surface area contributed by atoms with Crippen molar-refractivity contribution in [3.63, 3.8) is 0 Å². The molecular weight excluding hydrogens is 220 g/mol. The molecule has 2 aliphatic rings. The SMILES string of the molecule is Cc1cc2oc1cc2CC[C@H]1CC2CC1[C@H](C)C2. The normalized spacial score (nSPS) is 35.0. The molecule has 4 atom stereocenters. The molecular formula is C17H22O. The summed E-state index contributed by atoms with van der Waals surface area (Å²) >= 11 is 0. The fourth-order valence-corrected chi connectivity index (χ4v) is 4.76. The van der Waals surface area contributed by atoms with Gasteiger partial charge in [-0.25, -0.2) is 0 Å². The second-order valence-corrected chi connectivity index (χ2v) is 6.84. The number of hydrogen-bond donors (Lipinski definition) is 0. The lowest BCUT2D eigenvalue weighted by atomic mass is 9.79. The quantitative estimate of drug-likeness (QED) is 0.754. The van der Waals surface area contributed by atoms with Crippen LogP contribution in [0.4, 0.5) is 0 Å². The number of fused-ring (bicyclic) bond motifs is 4. The zero-order valence-corrected chi connectivity index (χ0v) is 11.4. The van der Waals surface area contributed by atoms with Crippen LogP contribution in [0.25, 0.3) is 11.2 Å². The topological polar surface area (TPSA) is 13.1 Å². The van der Waals surface area contributed by atoms with Crippen molar-refractivity contribution in [2.75, 3.05) is 0 Å². The zero-order chi connectivity index (χ0) is 12.3. The molecule has 2 heterocycles. The number of benzene rings is 1. The van der Waals surface area contributed by atoms with Crippen LogP contribution < -0.4 is 0 Å². The molecule has 0 spiro atoms. The maximum Gasteiger partial charge on any atom is 0.131 e. The molecule has 0 radical (unpaired) electrons. The largest absolute Gasteiger partial charge is 0.457 e. The molecule has 2 unspecified atom stereocenters. The summed E-state index contributed by atoms with van der Waals surface area (Å²) in [6, 6.07) is 4.47. The smallest absolute Gasteiger partial charge is 0.131 e. The van der Waals surface area contributed by atoms with Crippen LogP contribution in [-0.4, -0.2) is 0 Å². The van der Waals surface area contributed by atoms with Gasteiger partial charge in [-0.3, -0.25) is 0 Å². The summed E-state index contributed by atoms with van der Waals surface area (Å²) in [5.41, 5.74) is 4.98. The van der Waals surface area contributed by atoms with Crippen molar-refractivity contribution in [3.05, 3.63) is 23.3 Å². The van der Waals surface area contributed by atoms with Crippen molar-refractivity contribution in [1.82, 2.24) is 0 Å². The number of aryl methyl sites for hydroxylation is 2. The Balaban J connectivity index is 1.44. The van der Waals surface area contributed by atoms with Gasteiger partial charge in [-0.15, -0.1) is 0 Å². The van der Waals surface area contributed by atoms with Crippen LogP contribution in [0.3, 0.4) is 0 Å². The summed E-state index contributed by atoms with van der Waals surface area (Å²) < 4.78 is 5.74. The first-order valence-corrected chi connectivity index (χ1v) is 7.52. The summed E-state index contributed by atoms with van der Waals surface area (Å²) in [6.07, 6.45) is 7.13. The van der Waals surface area contributed by atoms with Crippen molar-refractivity contribution >= 4 is 11.2 Å². The van der Waals surface area contributed by atoms with E-state index >= 15 is 0 Å². The van der Waals surface area contributed by atoms with Crippen LogP contribution in [0.5, 0.6) is 0 Å². The molecule has 18 heavy (non-hydrogen) atoms. The van der Waals surface area contributed by atoms with Crippen LogP contribution in [0.2, 0.25) is 0 Å². The Labute approximate surface area is 109 Å². The Bertz CT molecular complexity index is 552. The van der Waals surface area contributed by atoms with E-state index in [1.54, 1.807) is 0 Å². The molecule has 1 nitrogen and oxygen atoms in total. The van der Waals surface area contributed by atoms with Crippen molar-refractivity contribution in [1.29, 1.82) is 0 Å². The minimum absolute atomic E-state index is 0.989. The van der Waals surface area contributed by atoms with Crippen LogP contribution in [-0.2, 0) is 6.42 Å². The van der Waals surface area contributed by atoms with Crippen molar-refractivity contribution < 1.29 is 4.42 Å². The van der Waals surface area contributed by atoms with Crippen LogP contribution in [0, 0.1) is 30.6 Å². The number of furan rings is 2. The predicted molar refractivity (Wildman–Crippen MR) is 73.9 cm³/mol. The first kappa shape index (κ1) is 10.9. The van der Waals surface area contributed by atoms with Gasteiger partial charge in [0.25, 0.3) is 0 Å². The first-order chi connectivity index (χ1) is 8.70. The van der Waals surface area contributed by atoms with E-state index in [0.717, 1.165) is 34.8 Å². The Hall–Kier alpha value is -0.980. The highest BCUT2D eigenvalue weighted by molar-refractivity contribution is 5.70. The Morgan fingerprint density at radius 3 is 2.67 bits per heavy atom. The average molecular weight is 242 g/mol. The van der Waals surface area contributed by atoms with Gasteiger partial charge in [0.2, 0.25) is 0 Å². The second kappa shape index (κ2) is 3.76. The highest BCUT2D eigenvalue weighted by Crippen LogP contribution is 2.53. The highest BCUT2D eigenvalue weighted by Gasteiger charge is 2.43. The molecule has 4 rings (SSSR count). The van der Waals surface area contributed by atoms with Gasteiger partial charge in [0.15, 0.2) is 0 Å². The fraction of sp³-hybridized carbons (Fsp3) is 0.647. The summed E-state index contributed by atoms with van der Waals surface area (Å²) in [5, 5.41) is 0. The fourth-order valence-electron chi connectivity index (χ4n) is 4.76. The monoisotopic (exact) mass is 242 g/mol. The van der Waals surface area contributed by atoms with E-state index in [9.17, 15) is 0 Å². The lowest BCUT2D eigenvalue weighted by Crippen LogP contribution is -2.18. The van der Waals surface area contributed by atoms with Crippen molar-refractivity contribution in [2.24, 2.45) is 23.7 Å². The van der Waals surface area contributed by atoms with Gasteiger partial charge >= 0.3 is 0 Å². The Morgan fingerprint density at radius 1 is 1.17 bits per heavy atom. The summed E-state index contributed by atoms with van der Waals surface area (Å²) in [6.45, 7) is 4.60. The summed E-state index contributed by atoms with van der Waals surface area (Å²) in [7, 11) is 0. The molecule has 1 heteroatoms. The van der Waals surface area contributed by atoms with E-state index in [1.165, 1.54) is 43.2 Å². The lowest BCUT2D eigenvalue weighted by Gasteiger charge is -2.26. The van der Waals surface area contributed by atoms with E-state index in [4.69, 9.17) is 4.42 Å². The zero-order valence-electron chi connectivity index (χ0n) is 11.4. The third-order valence-corrected chi connectivity index (χ3v) is 5.65. The van der Waals surface area contributed by atoms with Gasteiger partial charge in [0, 0.05) is 0 Å². The van der Waals surface area contributed by atoms with Crippen molar-refractivity contribution in [2.45, 2.75) is 46.0 Å². The molecule has 2 aromatic heterocycles. The molecule has 0 amide bonds. The molecule has 96 valence electrons. The molecule has 0 aliphatic heterocycles. The maximum absolute atomic E-state index is 5.74. The van der Waals surface area contributed by atoms with E-state index in [-0.39, 0.29) is 0 Å². The van der Waals surface area contributed by atoms with E-state index in [2.05, 4.69) is 26.0 Å². The molecule has 0 N–H and O–H groups in total. The molecule has 2 aromatic rings. The maximum atomic E-state index is 5.74. The Morgan fingerprint density at radius 2 is 2.06 bits per heavy atom. The minimum Gasteiger partial charge on any atom is -0.457 e. The molecule has 0 saturated heterocycles. The van der Waals surface area contributed by atoms with Gasteiger partial charge < -0.3 is 4.42 Å². The van der Waals surface area contributed by atoms with Crippen LogP contribution in [0.1, 0.15) is 43.7 Å². The van der Waals surface area contributed by atoms with Gasteiger partial charge in [-0.05, 0) is 86.0 Å². The van der Waals surface area contributed by atoms with Crippen LogP contribution in [0.15, 0.2) is 16.5 Å². The molecule has 2 saturated carbocycles. The van der Waals surface area contributed by atoms with Gasteiger partial charge in [-0.2, -0.15) is 0 Å². The number of hydrogen-bond acceptors (Lipinski definition) is 1. The van der Waals surface area contributed by atoms with E-state index < -0.39 is 0 Å². The molecule has 2 fully saturated rings. The first-order valence-electron chi connectivity index (χ1n) is 7.52. The lowest BCUT2D eigenvalue weighted by molar-refractivity contribution is 0.242.